The molecule has 1 aromatic rings. The summed E-state index contributed by atoms with van der Waals surface area (Å²) in [7, 11) is -3.52. The Balaban J connectivity index is 2.35. The minimum atomic E-state index is -3.52. The second-order valence-electron chi connectivity index (χ2n) is 4.68. The van der Waals surface area contributed by atoms with Crippen LogP contribution >= 0.6 is 11.6 Å². The van der Waals surface area contributed by atoms with Crippen LogP contribution in [0.3, 0.4) is 0 Å². The molecule has 1 fully saturated rings. The Morgan fingerprint density at radius 2 is 2.06 bits per heavy atom. The van der Waals surface area contributed by atoms with Crippen LogP contribution in [0.1, 0.15) is 19.8 Å². The average Bonchev–Trinajstić information content (AvgIpc) is 2.28. The molecule has 1 aliphatic rings. The molecule has 2 unspecified atom stereocenters. The first-order chi connectivity index (χ1) is 8.43. The van der Waals surface area contributed by atoms with Gasteiger partial charge in [-0.25, -0.2) is 8.42 Å². The maximum absolute atomic E-state index is 12.5. The number of sulfonamides is 1. The van der Waals surface area contributed by atoms with Crippen LogP contribution in [-0.4, -0.2) is 31.4 Å². The van der Waals surface area contributed by atoms with Gasteiger partial charge in [-0.1, -0.05) is 23.7 Å². The average molecular weight is 289 g/mol. The number of hydrogen-bond acceptors (Lipinski definition) is 3. The molecule has 6 heteroatoms. The molecular weight excluding hydrogens is 272 g/mol. The predicted octanol–water partition coefficient (Wildman–Crippen LogP) is 1.84. The number of nitrogens with two attached hydrogens (primary N) is 1. The van der Waals surface area contributed by atoms with E-state index in [9.17, 15) is 8.42 Å². The van der Waals surface area contributed by atoms with Crippen molar-refractivity contribution in [3.63, 3.8) is 0 Å². The van der Waals surface area contributed by atoms with E-state index in [1.807, 2.05) is 6.92 Å². The molecule has 100 valence electrons. The molecule has 1 saturated heterocycles. The maximum Gasteiger partial charge on any atom is 0.244 e. The normalized spacial score (nSPS) is 26.2. The molecule has 0 radical (unpaired) electrons. The van der Waals surface area contributed by atoms with Gasteiger partial charge in [-0.05, 0) is 31.9 Å². The van der Waals surface area contributed by atoms with Gasteiger partial charge in [0, 0.05) is 18.6 Å². The van der Waals surface area contributed by atoms with Crippen molar-refractivity contribution in [1.82, 2.24) is 4.31 Å². The summed E-state index contributed by atoms with van der Waals surface area (Å²) in [4.78, 5) is 0.175. The molecule has 0 spiro atoms. The number of halogens is 1. The van der Waals surface area contributed by atoms with Crippen LogP contribution in [-0.2, 0) is 10.0 Å². The van der Waals surface area contributed by atoms with Crippen molar-refractivity contribution in [2.75, 3.05) is 6.54 Å². The van der Waals surface area contributed by atoms with Gasteiger partial charge >= 0.3 is 0 Å². The maximum atomic E-state index is 12.5. The second kappa shape index (κ2) is 5.17. The first kappa shape index (κ1) is 13.8. The lowest BCUT2D eigenvalue weighted by Gasteiger charge is -2.35. The molecule has 0 bridgehead atoms. The molecule has 1 aliphatic heterocycles. The lowest BCUT2D eigenvalue weighted by Crippen LogP contribution is -2.48. The summed E-state index contributed by atoms with van der Waals surface area (Å²) in [5, 5.41) is 0.263. The van der Waals surface area contributed by atoms with Crippen LogP contribution in [0.4, 0.5) is 0 Å². The third-order valence-electron chi connectivity index (χ3n) is 3.28. The van der Waals surface area contributed by atoms with Crippen LogP contribution in [0.5, 0.6) is 0 Å². The van der Waals surface area contributed by atoms with Crippen molar-refractivity contribution in [3.8, 4) is 0 Å². The van der Waals surface area contributed by atoms with E-state index >= 15 is 0 Å². The van der Waals surface area contributed by atoms with Crippen LogP contribution in [0.25, 0.3) is 0 Å². The summed E-state index contributed by atoms with van der Waals surface area (Å²) in [6.45, 7) is 2.34. The highest BCUT2D eigenvalue weighted by Gasteiger charge is 2.34. The van der Waals surface area contributed by atoms with E-state index in [1.165, 1.54) is 4.31 Å². The summed E-state index contributed by atoms with van der Waals surface area (Å²) in [5.41, 5.74) is 5.85. The number of piperidine rings is 1. The minimum absolute atomic E-state index is 0.0812. The fourth-order valence-corrected chi connectivity index (χ4v) is 4.48. The van der Waals surface area contributed by atoms with Crippen LogP contribution < -0.4 is 5.73 Å². The highest BCUT2D eigenvalue weighted by molar-refractivity contribution is 7.89. The Hall–Kier alpha value is -0.620. The highest BCUT2D eigenvalue weighted by atomic mass is 35.5. The van der Waals surface area contributed by atoms with Crippen LogP contribution in [0.2, 0.25) is 5.02 Å². The number of rotatable bonds is 2. The van der Waals surface area contributed by atoms with E-state index in [2.05, 4.69) is 0 Å². The standard InChI is InChI=1S/C12H17ClN2O2S/c1-9-8-10(14)6-7-15(9)18(16,17)12-5-3-2-4-11(12)13/h2-5,9-10H,6-8,14H2,1H3. The predicted molar refractivity (Wildman–Crippen MR) is 72.0 cm³/mol. The van der Waals surface area contributed by atoms with Crippen molar-refractivity contribution in [1.29, 1.82) is 0 Å². The monoisotopic (exact) mass is 288 g/mol. The molecule has 0 saturated carbocycles. The molecule has 18 heavy (non-hydrogen) atoms. The topological polar surface area (TPSA) is 63.4 Å². The Morgan fingerprint density at radius 1 is 1.39 bits per heavy atom. The van der Waals surface area contributed by atoms with E-state index in [0.29, 0.717) is 19.4 Å². The fraction of sp³-hybridized carbons (Fsp3) is 0.500. The molecule has 2 N–H and O–H groups in total. The van der Waals surface area contributed by atoms with E-state index in [4.69, 9.17) is 17.3 Å². The molecular formula is C12H17ClN2O2S. The minimum Gasteiger partial charge on any atom is -0.328 e. The van der Waals surface area contributed by atoms with Crippen molar-refractivity contribution >= 4 is 21.6 Å². The van der Waals surface area contributed by atoms with Crippen molar-refractivity contribution in [2.24, 2.45) is 5.73 Å². The van der Waals surface area contributed by atoms with Gasteiger partial charge in [0.05, 0.1) is 5.02 Å². The fourth-order valence-electron chi connectivity index (χ4n) is 2.32. The second-order valence-corrected chi connectivity index (χ2v) is 6.95. The van der Waals surface area contributed by atoms with Gasteiger partial charge < -0.3 is 5.73 Å². The van der Waals surface area contributed by atoms with Gasteiger partial charge in [-0.3, -0.25) is 0 Å². The van der Waals surface area contributed by atoms with Crippen molar-refractivity contribution < 1.29 is 8.42 Å². The van der Waals surface area contributed by atoms with Gasteiger partial charge in [0.25, 0.3) is 0 Å². The van der Waals surface area contributed by atoms with Crippen molar-refractivity contribution in [3.05, 3.63) is 29.3 Å². The van der Waals surface area contributed by atoms with Gasteiger partial charge in [0.1, 0.15) is 4.90 Å². The molecule has 0 amide bonds. The molecule has 1 heterocycles. The molecule has 2 atom stereocenters. The third kappa shape index (κ3) is 2.54. The number of benzene rings is 1. The van der Waals surface area contributed by atoms with Gasteiger partial charge in [-0.2, -0.15) is 4.31 Å². The van der Waals surface area contributed by atoms with E-state index < -0.39 is 10.0 Å². The number of nitrogens with zero attached hydrogens (tertiary/aromatic N) is 1. The summed E-state index contributed by atoms with van der Waals surface area (Å²) < 4.78 is 26.5. The summed E-state index contributed by atoms with van der Waals surface area (Å²) in [5.74, 6) is 0. The van der Waals surface area contributed by atoms with Crippen molar-refractivity contribution in [2.45, 2.75) is 36.7 Å². The zero-order valence-electron chi connectivity index (χ0n) is 10.2. The van der Waals surface area contributed by atoms with Gasteiger partial charge in [0.2, 0.25) is 10.0 Å². The molecule has 0 aromatic heterocycles. The summed E-state index contributed by atoms with van der Waals surface area (Å²) in [6.07, 6.45) is 1.37. The first-order valence-electron chi connectivity index (χ1n) is 5.95. The largest absolute Gasteiger partial charge is 0.328 e. The van der Waals surface area contributed by atoms with E-state index in [0.717, 1.165) is 0 Å². The zero-order chi connectivity index (χ0) is 13.3. The Bertz CT molecular complexity index is 533. The zero-order valence-corrected chi connectivity index (χ0v) is 11.8. The third-order valence-corrected chi connectivity index (χ3v) is 5.79. The van der Waals surface area contributed by atoms with Gasteiger partial charge in [0.15, 0.2) is 0 Å². The molecule has 2 rings (SSSR count). The lowest BCUT2D eigenvalue weighted by atomic mass is 10.0. The summed E-state index contributed by atoms with van der Waals surface area (Å²) >= 11 is 5.97. The Labute approximate surface area is 113 Å². The number of hydrogen-bond donors (Lipinski definition) is 1. The van der Waals surface area contributed by atoms with Crippen LogP contribution in [0.15, 0.2) is 29.2 Å². The molecule has 1 aromatic carbocycles. The molecule has 0 aliphatic carbocycles. The lowest BCUT2D eigenvalue weighted by molar-refractivity contribution is 0.247. The quantitative estimate of drug-likeness (QED) is 0.903. The Morgan fingerprint density at radius 3 is 2.67 bits per heavy atom. The van der Waals surface area contributed by atoms with Gasteiger partial charge in [-0.15, -0.1) is 0 Å². The smallest absolute Gasteiger partial charge is 0.244 e. The van der Waals surface area contributed by atoms with Crippen LogP contribution in [0, 0.1) is 0 Å². The van der Waals surface area contributed by atoms with E-state index in [1.54, 1.807) is 24.3 Å². The summed E-state index contributed by atoms with van der Waals surface area (Å²) in [6, 6.07) is 6.52. The first-order valence-corrected chi connectivity index (χ1v) is 7.76. The van der Waals surface area contributed by atoms with E-state index in [-0.39, 0.29) is 22.0 Å². The SMILES string of the molecule is CC1CC(N)CCN1S(=O)(=O)c1ccccc1Cl. The Kier molecular flexibility index (Phi) is 3.96. The molecule has 4 nitrogen and oxygen atoms in total. The highest BCUT2D eigenvalue weighted by Crippen LogP contribution is 2.28.